The molecule has 1 aromatic heterocycles. The zero-order chi connectivity index (χ0) is 9.68. The van der Waals surface area contributed by atoms with E-state index in [-0.39, 0.29) is 0 Å². The normalized spacial score (nSPS) is 12.2. The van der Waals surface area contributed by atoms with Crippen molar-refractivity contribution in [3.05, 3.63) is 12.4 Å². The van der Waals surface area contributed by atoms with Crippen LogP contribution >= 0.6 is 0 Å². The summed E-state index contributed by atoms with van der Waals surface area (Å²) in [6.45, 7) is 4.19. The van der Waals surface area contributed by atoms with Crippen LogP contribution in [0.15, 0.2) is 12.4 Å². The van der Waals surface area contributed by atoms with Gasteiger partial charge in [0.2, 0.25) is 0 Å². The second-order valence-corrected chi connectivity index (χ2v) is 2.89. The lowest BCUT2D eigenvalue weighted by molar-refractivity contribution is 0.758. The Morgan fingerprint density at radius 2 is 2.15 bits per heavy atom. The Kier molecular flexibility index (Phi) is 3.45. The Hall–Kier alpha value is -1.36. The second kappa shape index (κ2) is 4.61. The van der Waals surface area contributed by atoms with Crippen molar-refractivity contribution in [2.75, 3.05) is 10.7 Å². The van der Waals surface area contributed by atoms with E-state index in [1.165, 1.54) is 0 Å². The standard InChI is InChI=1S/C8H15N5/c1-3-6(2)11-7-4-10-5-8(12-7)13-9/h4-6H,3,9H2,1-2H3,(H2,11,12,13). The molecular weight excluding hydrogens is 166 g/mol. The molecule has 1 heterocycles. The molecule has 4 N–H and O–H groups in total. The summed E-state index contributed by atoms with van der Waals surface area (Å²) in [7, 11) is 0. The molecule has 0 saturated carbocycles. The molecule has 5 heteroatoms. The second-order valence-electron chi connectivity index (χ2n) is 2.89. The molecule has 13 heavy (non-hydrogen) atoms. The highest BCUT2D eigenvalue weighted by Gasteiger charge is 2.00. The molecule has 72 valence electrons. The summed E-state index contributed by atoms with van der Waals surface area (Å²) < 4.78 is 0. The first-order valence-corrected chi connectivity index (χ1v) is 4.31. The van der Waals surface area contributed by atoms with Crippen LogP contribution in [0.2, 0.25) is 0 Å². The van der Waals surface area contributed by atoms with Crippen molar-refractivity contribution < 1.29 is 0 Å². The number of nitrogen functional groups attached to an aromatic ring is 1. The number of hydrazine groups is 1. The minimum absolute atomic E-state index is 0.391. The van der Waals surface area contributed by atoms with Gasteiger partial charge in [0, 0.05) is 6.04 Å². The van der Waals surface area contributed by atoms with E-state index in [4.69, 9.17) is 5.84 Å². The summed E-state index contributed by atoms with van der Waals surface area (Å²) in [5.41, 5.74) is 2.44. The minimum atomic E-state index is 0.391. The lowest BCUT2D eigenvalue weighted by Crippen LogP contribution is -2.16. The SMILES string of the molecule is CCC(C)Nc1cncc(NN)n1. The monoisotopic (exact) mass is 181 g/mol. The van der Waals surface area contributed by atoms with E-state index in [1.807, 2.05) is 0 Å². The van der Waals surface area contributed by atoms with Crippen LogP contribution in [-0.2, 0) is 0 Å². The van der Waals surface area contributed by atoms with Gasteiger partial charge >= 0.3 is 0 Å². The van der Waals surface area contributed by atoms with Crippen molar-refractivity contribution >= 4 is 11.6 Å². The van der Waals surface area contributed by atoms with E-state index in [9.17, 15) is 0 Å². The molecule has 0 aliphatic carbocycles. The van der Waals surface area contributed by atoms with Gasteiger partial charge in [0.25, 0.3) is 0 Å². The van der Waals surface area contributed by atoms with Crippen LogP contribution in [0.25, 0.3) is 0 Å². The molecule has 0 fully saturated rings. The maximum absolute atomic E-state index is 5.20. The molecule has 0 aromatic carbocycles. The number of nitrogens with two attached hydrogens (primary N) is 1. The summed E-state index contributed by atoms with van der Waals surface area (Å²) in [6.07, 6.45) is 4.29. The quantitative estimate of drug-likeness (QED) is 0.476. The molecule has 0 aliphatic rings. The zero-order valence-corrected chi connectivity index (χ0v) is 7.91. The molecule has 1 aromatic rings. The average molecular weight is 181 g/mol. The van der Waals surface area contributed by atoms with Gasteiger partial charge in [0.15, 0.2) is 5.82 Å². The van der Waals surface area contributed by atoms with Crippen molar-refractivity contribution in [1.82, 2.24) is 9.97 Å². The average Bonchev–Trinajstić information content (AvgIpc) is 2.18. The molecule has 5 nitrogen and oxygen atoms in total. The Morgan fingerprint density at radius 1 is 1.46 bits per heavy atom. The Labute approximate surface area is 77.7 Å². The number of hydrogen-bond donors (Lipinski definition) is 3. The fourth-order valence-electron chi connectivity index (χ4n) is 0.860. The van der Waals surface area contributed by atoms with E-state index in [0.717, 1.165) is 12.2 Å². The van der Waals surface area contributed by atoms with Gasteiger partial charge in [0.1, 0.15) is 5.82 Å². The van der Waals surface area contributed by atoms with Gasteiger partial charge in [-0.3, -0.25) is 4.98 Å². The number of hydrogen-bond acceptors (Lipinski definition) is 5. The molecule has 1 unspecified atom stereocenters. The summed E-state index contributed by atoms with van der Waals surface area (Å²) in [5, 5.41) is 3.20. The Balaban J connectivity index is 2.66. The minimum Gasteiger partial charge on any atom is -0.366 e. The third-order valence-electron chi connectivity index (χ3n) is 1.79. The fraction of sp³-hybridized carbons (Fsp3) is 0.500. The van der Waals surface area contributed by atoms with Gasteiger partial charge in [0.05, 0.1) is 12.4 Å². The van der Waals surface area contributed by atoms with Crippen LogP contribution in [0.4, 0.5) is 11.6 Å². The van der Waals surface area contributed by atoms with E-state index < -0.39 is 0 Å². The predicted molar refractivity (Wildman–Crippen MR) is 53.2 cm³/mol. The van der Waals surface area contributed by atoms with Crippen LogP contribution in [0, 0.1) is 0 Å². The van der Waals surface area contributed by atoms with Crippen molar-refractivity contribution in [3.8, 4) is 0 Å². The van der Waals surface area contributed by atoms with Crippen molar-refractivity contribution in [3.63, 3.8) is 0 Å². The van der Waals surface area contributed by atoms with Crippen LogP contribution in [-0.4, -0.2) is 16.0 Å². The highest BCUT2D eigenvalue weighted by Crippen LogP contribution is 2.07. The third-order valence-corrected chi connectivity index (χ3v) is 1.79. The van der Waals surface area contributed by atoms with Crippen molar-refractivity contribution in [2.24, 2.45) is 5.84 Å². The molecule has 0 saturated heterocycles. The van der Waals surface area contributed by atoms with Gasteiger partial charge < -0.3 is 10.7 Å². The van der Waals surface area contributed by atoms with E-state index in [0.29, 0.717) is 11.9 Å². The number of rotatable bonds is 4. The molecule has 0 amide bonds. The first-order chi connectivity index (χ1) is 6.26. The van der Waals surface area contributed by atoms with E-state index >= 15 is 0 Å². The third kappa shape index (κ3) is 2.87. The lowest BCUT2D eigenvalue weighted by atomic mass is 10.3. The molecule has 0 spiro atoms. The van der Waals surface area contributed by atoms with Crippen molar-refractivity contribution in [1.29, 1.82) is 0 Å². The van der Waals surface area contributed by atoms with Crippen LogP contribution in [0.5, 0.6) is 0 Å². The maximum atomic E-state index is 5.20. The molecule has 1 rings (SSSR count). The lowest BCUT2D eigenvalue weighted by Gasteiger charge is -2.11. The molecule has 0 aliphatic heterocycles. The van der Waals surface area contributed by atoms with Gasteiger partial charge in [-0.1, -0.05) is 6.92 Å². The summed E-state index contributed by atoms with van der Waals surface area (Å²) in [6, 6.07) is 0.391. The predicted octanol–water partition coefficient (Wildman–Crippen LogP) is 0.973. The van der Waals surface area contributed by atoms with Gasteiger partial charge in [-0.25, -0.2) is 10.8 Å². The van der Waals surface area contributed by atoms with Gasteiger partial charge in [-0.05, 0) is 13.3 Å². The largest absolute Gasteiger partial charge is 0.366 e. The first kappa shape index (κ1) is 9.73. The number of anilines is 2. The molecule has 1 atom stereocenters. The topological polar surface area (TPSA) is 75.9 Å². The summed E-state index contributed by atoms with van der Waals surface area (Å²) >= 11 is 0. The first-order valence-electron chi connectivity index (χ1n) is 4.31. The van der Waals surface area contributed by atoms with Crippen LogP contribution in [0.3, 0.4) is 0 Å². The van der Waals surface area contributed by atoms with Gasteiger partial charge in [-0.15, -0.1) is 0 Å². The molecule has 0 radical (unpaired) electrons. The van der Waals surface area contributed by atoms with E-state index in [2.05, 4.69) is 34.6 Å². The van der Waals surface area contributed by atoms with Crippen LogP contribution < -0.4 is 16.6 Å². The number of aromatic nitrogens is 2. The zero-order valence-electron chi connectivity index (χ0n) is 7.91. The van der Waals surface area contributed by atoms with Gasteiger partial charge in [-0.2, -0.15) is 0 Å². The maximum Gasteiger partial charge on any atom is 0.160 e. The highest BCUT2D eigenvalue weighted by atomic mass is 15.3. The number of nitrogens with zero attached hydrogens (tertiary/aromatic N) is 2. The van der Waals surface area contributed by atoms with Crippen molar-refractivity contribution in [2.45, 2.75) is 26.3 Å². The smallest absolute Gasteiger partial charge is 0.160 e. The molecule has 0 bridgehead atoms. The fourth-order valence-corrected chi connectivity index (χ4v) is 0.860. The summed E-state index contributed by atoms with van der Waals surface area (Å²) in [4.78, 5) is 8.14. The highest BCUT2D eigenvalue weighted by molar-refractivity contribution is 5.41. The van der Waals surface area contributed by atoms with E-state index in [1.54, 1.807) is 12.4 Å². The summed E-state index contributed by atoms with van der Waals surface area (Å²) in [5.74, 6) is 6.51. The van der Waals surface area contributed by atoms with Crippen LogP contribution in [0.1, 0.15) is 20.3 Å². The Morgan fingerprint density at radius 3 is 2.77 bits per heavy atom. The molecular formula is C8H15N5. The number of nitrogens with one attached hydrogen (secondary N) is 2. The Bertz CT molecular complexity index is 262.